The Hall–Kier alpha value is -5.86. The quantitative estimate of drug-likeness (QED) is 0.163. The zero-order valence-electron chi connectivity index (χ0n) is 24.7. The Labute approximate surface area is 260 Å². The molecule has 0 fully saturated rings. The molecule has 2 nitrogen and oxygen atoms in total. The molecule has 0 spiro atoms. The summed E-state index contributed by atoms with van der Waals surface area (Å²) in [5.41, 5.74) is 12.0. The van der Waals surface area contributed by atoms with Gasteiger partial charge in [0.2, 0.25) is 0 Å². The van der Waals surface area contributed by atoms with Gasteiger partial charge in [0.25, 0.3) is 0 Å². The van der Waals surface area contributed by atoms with Crippen molar-refractivity contribution in [2.24, 2.45) is 0 Å². The van der Waals surface area contributed by atoms with Gasteiger partial charge >= 0.3 is 0 Å². The van der Waals surface area contributed by atoms with E-state index in [1.165, 1.54) is 0 Å². The maximum atomic E-state index is 3.97. The van der Waals surface area contributed by atoms with Gasteiger partial charge in [0.05, 0.1) is 0 Å². The molecule has 0 N–H and O–H groups in total. The summed E-state index contributed by atoms with van der Waals surface area (Å²) < 4.78 is 0. The summed E-state index contributed by atoms with van der Waals surface area (Å²) in [6.45, 7) is 11.9. The molecule has 0 saturated heterocycles. The summed E-state index contributed by atoms with van der Waals surface area (Å²) in [5.74, 6) is 0. The number of hydrogen-bond donors (Lipinski definition) is 0. The Bertz CT molecular complexity index is 1850. The lowest BCUT2D eigenvalue weighted by molar-refractivity contribution is 1.28. The van der Waals surface area contributed by atoms with Crippen LogP contribution in [0.2, 0.25) is 0 Å². The lowest BCUT2D eigenvalue weighted by Crippen LogP contribution is -2.10. The highest BCUT2D eigenvalue weighted by molar-refractivity contribution is 5.82. The van der Waals surface area contributed by atoms with Crippen molar-refractivity contribution in [1.29, 1.82) is 0 Å². The maximum Gasteiger partial charge on any atom is 0.0467 e. The van der Waals surface area contributed by atoms with Crippen LogP contribution in [0.25, 0.3) is 29.4 Å². The van der Waals surface area contributed by atoms with Gasteiger partial charge in [-0.25, -0.2) is 0 Å². The molecule has 2 heteroatoms. The first kappa shape index (κ1) is 28.3. The van der Waals surface area contributed by atoms with Crippen molar-refractivity contribution in [2.75, 3.05) is 9.80 Å². The Morgan fingerprint density at radius 2 is 0.636 bits per heavy atom. The van der Waals surface area contributed by atoms with Crippen molar-refractivity contribution < 1.29 is 0 Å². The zero-order valence-corrected chi connectivity index (χ0v) is 24.7. The van der Waals surface area contributed by atoms with Gasteiger partial charge < -0.3 is 9.80 Å². The Kier molecular flexibility index (Phi) is 8.34. The predicted molar refractivity (Wildman–Crippen MR) is 192 cm³/mol. The molecule has 0 atom stereocenters. The first-order chi connectivity index (χ1) is 21.7. The molecule has 0 aliphatic heterocycles. The minimum atomic E-state index is 1.07. The van der Waals surface area contributed by atoms with Crippen LogP contribution in [0.4, 0.5) is 34.1 Å². The molecule has 0 heterocycles. The van der Waals surface area contributed by atoms with Gasteiger partial charge in [-0.15, -0.1) is 0 Å². The van der Waals surface area contributed by atoms with Gasteiger partial charge in [-0.05, 0) is 101 Å². The first-order valence-electron chi connectivity index (χ1n) is 14.7. The van der Waals surface area contributed by atoms with Gasteiger partial charge in [0, 0.05) is 34.1 Å². The average Bonchev–Trinajstić information content (AvgIpc) is 3.10. The highest BCUT2D eigenvalue weighted by Crippen LogP contribution is 2.38. The van der Waals surface area contributed by atoms with Crippen molar-refractivity contribution in [2.45, 2.75) is 0 Å². The summed E-state index contributed by atoms with van der Waals surface area (Å²) in [4.78, 5) is 4.54. The monoisotopic (exact) mass is 566 g/mol. The Morgan fingerprint density at radius 3 is 1.00 bits per heavy atom. The third-order valence-electron chi connectivity index (χ3n) is 7.69. The molecule has 0 saturated carbocycles. The molecular formula is C42H34N2. The summed E-state index contributed by atoms with van der Waals surface area (Å²) >= 11 is 0. The molecule has 6 rings (SSSR count). The third-order valence-corrected chi connectivity index (χ3v) is 7.69. The first-order valence-corrected chi connectivity index (χ1v) is 14.7. The standard InChI is InChI=1S/C42H34N2/c1-4-32-13-10-18-40(29-32)43(37-16-8-7-9-17-37)38-25-21-35(22-26-38)36-23-27-39(28-24-36)44(41-19-11-14-33(5-2)30-41)42-20-12-15-34(6-3)31-42/h4-31H,1-3H2. The van der Waals surface area contributed by atoms with Crippen molar-refractivity contribution in [3.63, 3.8) is 0 Å². The molecular weight excluding hydrogens is 532 g/mol. The largest absolute Gasteiger partial charge is 0.310 e. The Morgan fingerprint density at radius 1 is 0.318 bits per heavy atom. The van der Waals surface area contributed by atoms with Gasteiger partial charge in [0.1, 0.15) is 0 Å². The molecule has 44 heavy (non-hydrogen) atoms. The van der Waals surface area contributed by atoms with Crippen LogP contribution >= 0.6 is 0 Å². The highest BCUT2D eigenvalue weighted by atomic mass is 15.1. The molecule has 0 aliphatic carbocycles. The van der Waals surface area contributed by atoms with E-state index in [1.54, 1.807) is 0 Å². The van der Waals surface area contributed by atoms with Crippen molar-refractivity contribution in [1.82, 2.24) is 0 Å². The van der Waals surface area contributed by atoms with E-state index in [1.807, 2.05) is 24.3 Å². The molecule has 6 aromatic rings. The van der Waals surface area contributed by atoms with E-state index < -0.39 is 0 Å². The predicted octanol–water partition coefficient (Wildman–Crippen LogP) is 12.2. The second-order valence-corrected chi connectivity index (χ2v) is 10.5. The van der Waals surface area contributed by atoms with E-state index in [4.69, 9.17) is 0 Å². The van der Waals surface area contributed by atoms with Gasteiger partial charge in [-0.1, -0.05) is 117 Å². The van der Waals surface area contributed by atoms with Crippen LogP contribution in [-0.4, -0.2) is 0 Å². The normalized spacial score (nSPS) is 10.5. The van der Waals surface area contributed by atoms with Crippen LogP contribution in [0.5, 0.6) is 0 Å². The highest BCUT2D eigenvalue weighted by Gasteiger charge is 2.15. The lowest BCUT2D eigenvalue weighted by Gasteiger charge is -2.26. The maximum absolute atomic E-state index is 3.97. The molecule has 0 aromatic heterocycles. The van der Waals surface area contributed by atoms with Crippen molar-refractivity contribution in [3.8, 4) is 11.1 Å². The number of nitrogens with zero attached hydrogens (tertiary/aromatic N) is 2. The SMILES string of the molecule is C=Cc1cccc(N(c2ccccc2)c2ccc(-c3ccc(N(c4cccc(C=C)c4)c4cccc(C=C)c4)cc3)cc2)c1. The van der Waals surface area contributed by atoms with E-state index >= 15 is 0 Å². The van der Waals surface area contributed by atoms with E-state index in [9.17, 15) is 0 Å². The van der Waals surface area contributed by atoms with Crippen molar-refractivity contribution >= 4 is 52.4 Å². The number of anilines is 6. The molecule has 6 aromatic carbocycles. The topological polar surface area (TPSA) is 6.48 Å². The second kappa shape index (κ2) is 13.0. The number of benzene rings is 6. The van der Waals surface area contributed by atoms with E-state index in [-0.39, 0.29) is 0 Å². The van der Waals surface area contributed by atoms with E-state index in [0.29, 0.717) is 0 Å². The molecule has 0 radical (unpaired) electrons. The average molecular weight is 567 g/mol. The fourth-order valence-electron chi connectivity index (χ4n) is 5.45. The molecule has 212 valence electrons. The summed E-state index contributed by atoms with van der Waals surface area (Å²) in [6.07, 6.45) is 5.64. The zero-order chi connectivity index (χ0) is 30.3. The fourth-order valence-corrected chi connectivity index (χ4v) is 5.45. The molecule has 0 amide bonds. The van der Waals surface area contributed by atoms with Crippen LogP contribution in [-0.2, 0) is 0 Å². The van der Waals surface area contributed by atoms with E-state index in [2.05, 4.69) is 175 Å². The van der Waals surface area contributed by atoms with Gasteiger partial charge in [0.15, 0.2) is 0 Å². The van der Waals surface area contributed by atoms with Crippen molar-refractivity contribution in [3.05, 3.63) is 188 Å². The van der Waals surface area contributed by atoms with Gasteiger partial charge in [-0.2, -0.15) is 0 Å². The van der Waals surface area contributed by atoms with Gasteiger partial charge in [-0.3, -0.25) is 0 Å². The van der Waals surface area contributed by atoms with Crippen LogP contribution in [0.3, 0.4) is 0 Å². The van der Waals surface area contributed by atoms with Crippen LogP contribution in [0.1, 0.15) is 16.7 Å². The molecule has 0 unspecified atom stereocenters. The number of rotatable bonds is 10. The van der Waals surface area contributed by atoms with Crippen LogP contribution in [0, 0.1) is 0 Å². The summed E-state index contributed by atoms with van der Waals surface area (Å²) in [5, 5.41) is 0. The second-order valence-electron chi connectivity index (χ2n) is 10.5. The minimum Gasteiger partial charge on any atom is -0.310 e. The molecule has 0 aliphatic rings. The minimum absolute atomic E-state index is 1.07. The van der Waals surface area contributed by atoms with Crippen LogP contribution < -0.4 is 9.80 Å². The third kappa shape index (κ3) is 6.01. The Balaban J connectivity index is 1.34. The summed E-state index contributed by atoms with van der Waals surface area (Å²) in [6, 6.07) is 53.2. The lowest BCUT2D eigenvalue weighted by atomic mass is 10.0. The fraction of sp³-hybridized carbons (Fsp3) is 0. The summed E-state index contributed by atoms with van der Waals surface area (Å²) in [7, 11) is 0. The smallest absolute Gasteiger partial charge is 0.0467 e. The number of hydrogen-bond acceptors (Lipinski definition) is 2. The van der Waals surface area contributed by atoms with E-state index in [0.717, 1.165) is 61.9 Å². The van der Waals surface area contributed by atoms with Crippen LogP contribution in [0.15, 0.2) is 171 Å². The number of para-hydroxylation sites is 1. The molecule has 0 bridgehead atoms.